The van der Waals surface area contributed by atoms with E-state index in [-0.39, 0.29) is 19.4 Å². The minimum Gasteiger partial charge on any atom is -0.462 e. The van der Waals surface area contributed by atoms with Crippen LogP contribution in [0, 0.1) is 0 Å². The highest BCUT2D eigenvalue weighted by molar-refractivity contribution is 7.46. The number of phosphoric acid groups is 1. The molecule has 0 saturated heterocycles. The number of rotatable bonds is 33. The molecule has 2 N–H and O–H groups in total. The van der Waals surface area contributed by atoms with Crippen molar-refractivity contribution in [3.8, 4) is 0 Å². The Bertz CT molecular complexity index is 1200. The Hall–Kier alpha value is -3.29. The third-order valence-electron chi connectivity index (χ3n) is 7.35. The largest absolute Gasteiger partial charge is 0.469 e. The van der Waals surface area contributed by atoms with Crippen molar-refractivity contribution >= 4 is 19.8 Å². The Labute approximate surface area is 315 Å². The molecule has 0 aliphatic carbocycles. The van der Waals surface area contributed by atoms with E-state index in [0.717, 1.165) is 89.9 Å². The molecule has 0 saturated carbocycles. The van der Waals surface area contributed by atoms with Gasteiger partial charge in [-0.05, 0) is 83.5 Å². The van der Waals surface area contributed by atoms with Crippen LogP contribution in [0.15, 0.2) is 109 Å². The van der Waals surface area contributed by atoms with E-state index >= 15 is 0 Å². The Balaban J connectivity index is 4.10. The van der Waals surface area contributed by atoms with Crippen molar-refractivity contribution in [3.63, 3.8) is 0 Å². The first kappa shape index (κ1) is 48.7. The highest BCUT2D eigenvalue weighted by Crippen LogP contribution is 2.35. The fourth-order valence-electron chi connectivity index (χ4n) is 4.55. The topological polar surface area (TPSA) is 119 Å². The summed E-state index contributed by atoms with van der Waals surface area (Å²) in [6.07, 6.45) is 52.4. The number of hydrogen-bond acceptors (Lipinski definition) is 6. The van der Waals surface area contributed by atoms with Crippen LogP contribution in [0.4, 0.5) is 0 Å². The molecule has 0 bridgehead atoms. The summed E-state index contributed by atoms with van der Waals surface area (Å²) in [6.45, 7) is 3.35. The molecule has 0 radical (unpaired) electrons. The number of unbranched alkanes of at least 4 members (excludes halogenated alkanes) is 7. The van der Waals surface area contributed by atoms with E-state index in [1.54, 1.807) is 0 Å². The minimum atomic E-state index is -4.77. The van der Waals surface area contributed by atoms with Crippen LogP contribution in [0.2, 0.25) is 0 Å². The summed E-state index contributed by atoms with van der Waals surface area (Å²) in [5.41, 5.74) is 0. The van der Waals surface area contributed by atoms with Gasteiger partial charge in [0.2, 0.25) is 0 Å². The molecule has 8 nitrogen and oxygen atoms in total. The van der Waals surface area contributed by atoms with Crippen LogP contribution in [0.5, 0.6) is 0 Å². The molecule has 0 aromatic carbocycles. The second-order valence-electron chi connectivity index (χ2n) is 12.2. The lowest BCUT2D eigenvalue weighted by molar-refractivity contribution is -0.161. The molecular formula is C43H67O8P. The van der Waals surface area contributed by atoms with Crippen LogP contribution >= 0.6 is 7.82 Å². The molecule has 0 rings (SSSR count). The van der Waals surface area contributed by atoms with Gasteiger partial charge in [0.15, 0.2) is 6.10 Å². The SMILES string of the molecule is CC/C=C/C=C/C=C/CCCCCCCC(=O)OC(COC(=O)CCCC/C=C/C/C=C/C/C=C/C/C=C/C/C=C/C/C=C/CC)COP(=O)(O)O. The molecule has 292 valence electrons. The molecule has 0 aromatic rings. The second-order valence-corrected chi connectivity index (χ2v) is 13.4. The fraction of sp³-hybridized carbons (Fsp3) is 0.535. The van der Waals surface area contributed by atoms with Gasteiger partial charge in [-0.25, -0.2) is 4.57 Å². The molecule has 1 unspecified atom stereocenters. The maximum absolute atomic E-state index is 12.3. The molecule has 0 amide bonds. The average Bonchev–Trinajstić information content (AvgIpc) is 3.11. The molecule has 0 aliphatic rings. The predicted molar refractivity (Wildman–Crippen MR) is 216 cm³/mol. The van der Waals surface area contributed by atoms with Gasteiger partial charge in [-0.2, -0.15) is 0 Å². The summed E-state index contributed by atoms with van der Waals surface area (Å²) >= 11 is 0. The van der Waals surface area contributed by atoms with E-state index in [1.165, 1.54) is 0 Å². The van der Waals surface area contributed by atoms with Gasteiger partial charge in [0.05, 0.1) is 6.61 Å². The molecule has 0 spiro atoms. The first-order chi connectivity index (χ1) is 25.3. The maximum Gasteiger partial charge on any atom is 0.469 e. The van der Waals surface area contributed by atoms with E-state index in [0.29, 0.717) is 12.8 Å². The maximum atomic E-state index is 12.3. The zero-order chi connectivity index (χ0) is 38.2. The first-order valence-corrected chi connectivity index (χ1v) is 20.7. The summed E-state index contributed by atoms with van der Waals surface area (Å²) < 4.78 is 26.3. The molecule has 1 atom stereocenters. The third kappa shape index (κ3) is 39.5. The van der Waals surface area contributed by atoms with Crippen molar-refractivity contribution in [2.24, 2.45) is 0 Å². The molecular weight excluding hydrogens is 675 g/mol. The lowest BCUT2D eigenvalue weighted by Crippen LogP contribution is -2.29. The average molecular weight is 743 g/mol. The number of ether oxygens (including phenoxy) is 2. The summed E-state index contributed by atoms with van der Waals surface area (Å²) in [7, 11) is -4.77. The lowest BCUT2D eigenvalue weighted by Gasteiger charge is -2.18. The zero-order valence-electron chi connectivity index (χ0n) is 31.9. The van der Waals surface area contributed by atoms with Gasteiger partial charge in [-0.3, -0.25) is 14.1 Å². The van der Waals surface area contributed by atoms with E-state index in [9.17, 15) is 14.2 Å². The number of esters is 2. The van der Waals surface area contributed by atoms with Crippen molar-refractivity contribution < 1.29 is 37.9 Å². The Morgan fingerprint density at radius 1 is 0.519 bits per heavy atom. The van der Waals surface area contributed by atoms with Crippen molar-refractivity contribution in [2.75, 3.05) is 13.2 Å². The van der Waals surface area contributed by atoms with E-state index < -0.39 is 32.5 Å². The monoisotopic (exact) mass is 742 g/mol. The highest BCUT2D eigenvalue weighted by atomic mass is 31.2. The smallest absolute Gasteiger partial charge is 0.462 e. The summed E-state index contributed by atoms with van der Waals surface area (Å²) in [5, 5.41) is 0. The van der Waals surface area contributed by atoms with E-state index in [4.69, 9.17) is 19.3 Å². The standard InChI is InChI=1S/C43H67O8P/c1-3-5-7-9-11-13-15-17-18-19-20-21-22-23-24-26-27-29-31-33-35-37-42(44)49-39-41(40-50-52(46,47)48)51-43(45)38-36-34-32-30-28-25-16-14-12-10-8-6-4-2/h5-8,10-14,16-18,20-21,23-24,27,29,41H,3-4,9,15,19,22,25-26,28,30-40H2,1-2H3,(H2,46,47,48)/b7-5+,8-6+,12-10+,13-11+,16-14+,18-17+,21-20+,24-23+,29-27+. The summed E-state index contributed by atoms with van der Waals surface area (Å²) in [4.78, 5) is 42.7. The van der Waals surface area contributed by atoms with Crippen LogP contribution in [0.1, 0.15) is 129 Å². The van der Waals surface area contributed by atoms with Gasteiger partial charge in [-0.15, -0.1) is 0 Å². The number of carbonyl (C=O) groups is 2. The summed E-state index contributed by atoms with van der Waals surface area (Å²) in [5.74, 6) is -0.974. The highest BCUT2D eigenvalue weighted by Gasteiger charge is 2.22. The second kappa shape index (κ2) is 37.5. The van der Waals surface area contributed by atoms with Gasteiger partial charge in [0, 0.05) is 12.8 Å². The minimum absolute atomic E-state index is 0.172. The molecule has 0 aromatic heterocycles. The Morgan fingerprint density at radius 2 is 0.962 bits per heavy atom. The van der Waals surface area contributed by atoms with Crippen LogP contribution in [-0.2, 0) is 28.2 Å². The van der Waals surface area contributed by atoms with Crippen molar-refractivity contribution in [1.82, 2.24) is 0 Å². The van der Waals surface area contributed by atoms with Crippen LogP contribution < -0.4 is 0 Å². The third-order valence-corrected chi connectivity index (χ3v) is 7.83. The first-order valence-electron chi connectivity index (χ1n) is 19.2. The lowest BCUT2D eigenvalue weighted by atomic mass is 10.1. The molecule has 52 heavy (non-hydrogen) atoms. The predicted octanol–water partition coefficient (Wildman–Crippen LogP) is 11.6. The molecule has 0 fully saturated rings. The van der Waals surface area contributed by atoms with Gasteiger partial charge >= 0.3 is 19.8 Å². The van der Waals surface area contributed by atoms with Gasteiger partial charge < -0.3 is 19.3 Å². The number of allylic oxidation sites excluding steroid dienone is 18. The zero-order valence-corrected chi connectivity index (χ0v) is 32.8. The van der Waals surface area contributed by atoms with Crippen molar-refractivity contribution in [3.05, 3.63) is 109 Å². The molecule has 9 heteroatoms. The van der Waals surface area contributed by atoms with Crippen LogP contribution in [-0.4, -0.2) is 41.0 Å². The normalized spacial score (nSPS) is 13.7. The quantitative estimate of drug-likeness (QED) is 0.0224. The van der Waals surface area contributed by atoms with Crippen molar-refractivity contribution in [1.29, 1.82) is 0 Å². The van der Waals surface area contributed by atoms with Crippen molar-refractivity contribution in [2.45, 2.75) is 136 Å². The van der Waals surface area contributed by atoms with E-state index in [1.807, 2.05) is 18.2 Å². The molecule has 0 aliphatic heterocycles. The molecule has 0 heterocycles. The van der Waals surface area contributed by atoms with E-state index in [2.05, 4.69) is 110 Å². The number of carbonyl (C=O) groups excluding carboxylic acids is 2. The van der Waals surface area contributed by atoms with Crippen LogP contribution in [0.25, 0.3) is 0 Å². The fourth-order valence-corrected chi connectivity index (χ4v) is 4.91. The Kier molecular flexibility index (Phi) is 35.1. The Morgan fingerprint density at radius 3 is 1.54 bits per heavy atom. The summed E-state index contributed by atoms with van der Waals surface area (Å²) in [6, 6.07) is 0. The van der Waals surface area contributed by atoms with Crippen LogP contribution in [0.3, 0.4) is 0 Å². The van der Waals surface area contributed by atoms with Gasteiger partial charge in [0.1, 0.15) is 6.61 Å². The van der Waals surface area contributed by atoms with Gasteiger partial charge in [0.25, 0.3) is 0 Å². The number of phosphoric ester groups is 1. The number of hydrogen-bond donors (Lipinski definition) is 2. The van der Waals surface area contributed by atoms with Gasteiger partial charge in [-0.1, -0.05) is 142 Å².